The van der Waals surface area contributed by atoms with Gasteiger partial charge in [0.1, 0.15) is 5.82 Å². The van der Waals surface area contributed by atoms with Crippen LogP contribution in [0, 0.1) is 5.82 Å². The van der Waals surface area contributed by atoms with Gasteiger partial charge < -0.3 is 10.1 Å². The highest BCUT2D eigenvalue weighted by Crippen LogP contribution is 2.19. The zero-order valence-corrected chi connectivity index (χ0v) is 10.3. The fourth-order valence-electron chi connectivity index (χ4n) is 1.57. The molecule has 2 nitrogen and oxygen atoms in total. The van der Waals surface area contributed by atoms with Crippen LogP contribution >= 0.6 is 15.9 Å². The molecule has 0 amide bonds. The Hall–Kier alpha value is -0.710. The highest BCUT2D eigenvalue weighted by Gasteiger charge is 2.08. The number of ether oxygens (including phenoxy) is 1. The van der Waals surface area contributed by atoms with E-state index in [0.29, 0.717) is 6.61 Å². The maximum Gasteiger partial charge on any atom is 0.124 e. The van der Waals surface area contributed by atoms with Crippen molar-refractivity contribution in [1.29, 1.82) is 0 Å². The minimum absolute atomic E-state index is 0.233. The highest BCUT2D eigenvalue weighted by atomic mass is 79.9. The topological polar surface area (TPSA) is 21.3 Å². The summed E-state index contributed by atoms with van der Waals surface area (Å²) in [6.07, 6.45) is 4.01. The fraction of sp³-hybridized carbons (Fsp3) is 0.333. The molecule has 2 rings (SSSR count). The van der Waals surface area contributed by atoms with Gasteiger partial charge in [0.15, 0.2) is 0 Å². The lowest BCUT2D eigenvalue weighted by atomic mass is 10.1. The number of morpholine rings is 1. The third-order valence-electron chi connectivity index (χ3n) is 2.42. The summed E-state index contributed by atoms with van der Waals surface area (Å²) in [7, 11) is 0. The van der Waals surface area contributed by atoms with Crippen molar-refractivity contribution in [3.05, 3.63) is 40.1 Å². The first kappa shape index (κ1) is 11.8. The standard InChI is InChI=1S/C12H13BrFNO/c13-12-7-10(14)3-1-9(12)2-4-11-8-16-6-5-15-11/h1-4,7,11,15H,5-6,8H2/b4-2+. The summed E-state index contributed by atoms with van der Waals surface area (Å²) < 4.78 is 19.0. The van der Waals surface area contributed by atoms with Gasteiger partial charge in [0, 0.05) is 17.1 Å². The zero-order valence-electron chi connectivity index (χ0n) is 8.75. The number of hydrogen-bond donors (Lipinski definition) is 1. The lowest BCUT2D eigenvalue weighted by molar-refractivity contribution is 0.0903. The Bertz CT molecular complexity index is 389. The fourth-order valence-corrected chi connectivity index (χ4v) is 2.05. The van der Waals surface area contributed by atoms with E-state index >= 15 is 0 Å². The highest BCUT2D eigenvalue weighted by molar-refractivity contribution is 9.10. The molecule has 0 aliphatic carbocycles. The molecule has 0 spiro atoms. The quantitative estimate of drug-likeness (QED) is 0.902. The van der Waals surface area contributed by atoms with Gasteiger partial charge in [-0.25, -0.2) is 4.39 Å². The second kappa shape index (κ2) is 5.57. The Morgan fingerprint density at radius 1 is 1.50 bits per heavy atom. The van der Waals surface area contributed by atoms with E-state index in [4.69, 9.17) is 4.74 Å². The Labute approximate surface area is 103 Å². The van der Waals surface area contributed by atoms with Gasteiger partial charge in [-0.1, -0.05) is 34.1 Å². The van der Waals surface area contributed by atoms with Crippen molar-refractivity contribution < 1.29 is 9.13 Å². The smallest absolute Gasteiger partial charge is 0.124 e. The van der Waals surface area contributed by atoms with Gasteiger partial charge in [-0.3, -0.25) is 0 Å². The molecule has 1 N–H and O–H groups in total. The van der Waals surface area contributed by atoms with E-state index in [0.717, 1.165) is 23.2 Å². The maximum absolute atomic E-state index is 12.9. The number of hydrogen-bond acceptors (Lipinski definition) is 2. The molecule has 1 aromatic carbocycles. The molecule has 1 aromatic rings. The largest absolute Gasteiger partial charge is 0.378 e. The molecule has 0 bridgehead atoms. The summed E-state index contributed by atoms with van der Waals surface area (Å²) in [6, 6.07) is 4.91. The Morgan fingerprint density at radius 2 is 2.38 bits per heavy atom. The Kier molecular flexibility index (Phi) is 4.09. The van der Waals surface area contributed by atoms with Crippen molar-refractivity contribution in [2.45, 2.75) is 6.04 Å². The van der Waals surface area contributed by atoms with Gasteiger partial charge in [0.25, 0.3) is 0 Å². The lowest BCUT2D eigenvalue weighted by Crippen LogP contribution is -2.39. The minimum atomic E-state index is -0.233. The molecule has 0 saturated carbocycles. The second-order valence-electron chi connectivity index (χ2n) is 3.66. The van der Waals surface area contributed by atoms with Crippen LogP contribution in [0.4, 0.5) is 4.39 Å². The lowest BCUT2D eigenvalue weighted by Gasteiger charge is -2.20. The van der Waals surface area contributed by atoms with Crippen LogP contribution in [0.1, 0.15) is 5.56 Å². The van der Waals surface area contributed by atoms with Gasteiger partial charge in [-0.15, -0.1) is 0 Å². The number of nitrogens with one attached hydrogen (secondary N) is 1. The average molecular weight is 286 g/mol. The normalized spacial score (nSPS) is 21.5. The first-order valence-corrected chi connectivity index (χ1v) is 5.99. The van der Waals surface area contributed by atoms with Crippen molar-refractivity contribution >= 4 is 22.0 Å². The van der Waals surface area contributed by atoms with E-state index < -0.39 is 0 Å². The van der Waals surface area contributed by atoms with Crippen LogP contribution in [0.25, 0.3) is 6.08 Å². The molecule has 86 valence electrons. The Morgan fingerprint density at radius 3 is 3.06 bits per heavy atom. The van der Waals surface area contributed by atoms with E-state index in [1.54, 1.807) is 6.07 Å². The minimum Gasteiger partial charge on any atom is -0.378 e. The molecule has 1 aliphatic heterocycles. The molecule has 16 heavy (non-hydrogen) atoms. The van der Waals surface area contributed by atoms with Crippen molar-refractivity contribution in [1.82, 2.24) is 5.32 Å². The molecular formula is C12H13BrFNO. The average Bonchev–Trinajstić information content (AvgIpc) is 2.29. The van der Waals surface area contributed by atoms with Crippen LogP contribution < -0.4 is 5.32 Å². The van der Waals surface area contributed by atoms with Crippen LogP contribution in [-0.4, -0.2) is 25.8 Å². The number of halogens is 2. The summed E-state index contributed by atoms with van der Waals surface area (Å²) in [5.41, 5.74) is 0.966. The first-order valence-electron chi connectivity index (χ1n) is 5.20. The van der Waals surface area contributed by atoms with E-state index in [1.165, 1.54) is 12.1 Å². The second-order valence-corrected chi connectivity index (χ2v) is 4.51. The van der Waals surface area contributed by atoms with Crippen LogP contribution in [0.15, 0.2) is 28.7 Å². The molecule has 1 unspecified atom stereocenters. The molecule has 1 fully saturated rings. The summed E-state index contributed by atoms with van der Waals surface area (Å²) in [5.74, 6) is -0.233. The first-order chi connectivity index (χ1) is 7.75. The predicted molar refractivity (Wildman–Crippen MR) is 65.7 cm³/mol. The van der Waals surface area contributed by atoms with Gasteiger partial charge in [0.2, 0.25) is 0 Å². The van der Waals surface area contributed by atoms with Crippen LogP contribution in [0.2, 0.25) is 0 Å². The summed E-state index contributed by atoms with van der Waals surface area (Å²) >= 11 is 3.33. The predicted octanol–water partition coefficient (Wildman–Crippen LogP) is 2.59. The maximum atomic E-state index is 12.9. The van der Waals surface area contributed by atoms with Crippen molar-refractivity contribution in [2.24, 2.45) is 0 Å². The third kappa shape index (κ3) is 3.14. The SMILES string of the molecule is Fc1ccc(/C=C/C2COCCN2)c(Br)c1. The monoisotopic (exact) mass is 285 g/mol. The molecule has 1 aliphatic rings. The van der Waals surface area contributed by atoms with Crippen molar-refractivity contribution in [3.63, 3.8) is 0 Å². The summed E-state index contributed by atoms with van der Waals surface area (Å²) in [4.78, 5) is 0. The molecule has 0 aromatic heterocycles. The molecule has 4 heteroatoms. The van der Waals surface area contributed by atoms with Gasteiger partial charge in [0.05, 0.1) is 13.2 Å². The number of rotatable bonds is 2. The molecule has 0 radical (unpaired) electrons. The third-order valence-corrected chi connectivity index (χ3v) is 3.11. The molecule has 1 saturated heterocycles. The van der Waals surface area contributed by atoms with Gasteiger partial charge >= 0.3 is 0 Å². The van der Waals surface area contributed by atoms with Gasteiger partial charge in [-0.05, 0) is 17.7 Å². The summed E-state index contributed by atoms with van der Waals surface area (Å²) in [5, 5.41) is 3.32. The van der Waals surface area contributed by atoms with Crippen molar-refractivity contribution in [3.8, 4) is 0 Å². The van der Waals surface area contributed by atoms with Gasteiger partial charge in [-0.2, -0.15) is 0 Å². The van der Waals surface area contributed by atoms with E-state index in [-0.39, 0.29) is 11.9 Å². The van der Waals surface area contributed by atoms with Crippen molar-refractivity contribution in [2.75, 3.05) is 19.8 Å². The van der Waals surface area contributed by atoms with Crippen LogP contribution in [0.5, 0.6) is 0 Å². The zero-order chi connectivity index (χ0) is 11.4. The van der Waals surface area contributed by atoms with E-state index in [9.17, 15) is 4.39 Å². The molecule has 1 atom stereocenters. The Balaban J connectivity index is 2.04. The molecular weight excluding hydrogens is 273 g/mol. The van der Waals surface area contributed by atoms with Crippen LogP contribution in [-0.2, 0) is 4.74 Å². The summed E-state index contributed by atoms with van der Waals surface area (Å²) in [6.45, 7) is 2.33. The van der Waals surface area contributed by atoms with Crippen LogP contribution in [0.3, 0.4) is 0 Å². The number of benzene rings is 1. The van der Waals surface area contributed by atoms with E-state index in [1.807, 2.05) is 12.2 Å². The van der Waals surface area contributed by atoms with E-state index in [2.05, 4.69) is 21.2 Å². The molecule has 1 heterocycles.